The van der Waals surface area contributed by atoms with E-state index in [0.29, 0.717) is 13.0 Å². The minimum atomic E-state index is -2.98. The van der Waals surface area contributed by atoms with Crippen LogP contribution < -0.4 is 11.1 Å². The zero-order valence-corrected chi connectivity index (χ0v) is 11.1. The van der Waals surface area contributed by atoms with Crippen LogP contribution in [0.15, 0.2) is 30.3 Å². The molecule has 0 unspecified atom stereocenters. The molecule has 6 heteroatoms. The van der Waals surface area contributed by atoms with Crippen molar-refractivity contribution >= 4 is 15.7 Å². The van der Waals surface area contributed by atoms with Crippen molar-refractivity contribution in [2.45, 2.75) is 12.5 Å². The number of nitrogens with two attached hydrogens (primary N) is 1. The van der Waals surface area contributed by atoms with E-state index in [2.05, 4.69) is 5.32 Å². The molecule has 1 atom stereocenters. The smallest absolute Gasteiger partial charge is 0.241 e. The fourth-order valence-corrected chi connectivity index (χ4v) is 2.14. The molecular formula is C12H18N2O3S. The number of nitrogens with one attached hydrogen (secondary N) is 1. The number of carbonyl (C=O) groups is 1. The summed E-state index contributed by atoms with van der Waals surface area (Å²) in [5.41, 5.74) is 6.51. The van der Waals surface area contributed by atoms with Crippen LogP contribution in [-0.2, 0) is 14.6 Å². The second-order valence-electron chi connectivity index (χ2n) is 4.16. The fraction of sp³-hybridized carbons (Fsp3) is 0.417. The number of hydrogen-bond acceptors (Lipinski definition) is 4. The highest BCUT2D eigenvalue weighted by atomic mass is 32.2. The zero-order valence-electron chi connectivity index (χ0n) is 10.3. The van der Waals surface area contributed by atoms with Crippen molar-refractivity contribution in [3.63, 3.8) is 0 Å². The Labute approximate surface area is 107 Å². The third-order valence-corrected chi connectivity index (χ3v) is 3.46. The normalized spacial score (nSPS) is 13.0. The highest BCUT2D eigenvalue weighted by molar-refractivity contribution is 7.90. The van der Waals surface area contributed by atoms with Gasteiger partial charge in [-0.3, -0.25) is 4.79 Å². The highest BCUT2D eigenvalue weighted by Crippen LogP contribution is 2.08. The van der Waals surface area contributed by atoms with Crippen LogP contribution in [-0.4, -0.2) is 32.9 Å². The molecule has 0 aromatic heterocycles. The Hall–Kier alpha value is -1.40. The third-order valence-electron chi connectivity index (χ3n) is 2.43. The largest absolute Gasteiger partial charge is 0.354 e. The molecule has 18 heavy (non-hydrogen) atoms. The van der Waals surface area contributed by atoms with Gasteiger partial charge in [0.25, 0.3) is 0 Å². The number of sulfone groups is 1. The van der Waals surface area contributed by atoms with Gasteiger partial charge in [0.1, 0.15) is 15.9 Å². The van der Waals surface area contributed by atoms with Gasteiger partial charge in [-0.1, -0.05) is 30.3 Å². The number of hydrogen-bond donors (Lipinski definition) is 2. The number of rotatable bonds is 6. The summed E-state index contributed by atoms with van der Waals surface area (Å²) in [6, 6.07) is 8.31. The molecule has 100 valence electrons. The molecule has 0 aliphatic carbocycles. The SMILES string of the molecule is CS(=O)(=O)CCCNC(=O)[C@H](N)c1ccccc1. The zero-order chi connectivity index (χ0) is 13.6. The first kappa shape index (κ1) is 14.7. The Morgan fingerprint density at radius 1 is 1.33 bits per heavy atom. The lowest BCUT2D eigenvalue weighted by Crippen LogP contribution is -2.35. The van der Waals surface area contributed by atoms with Crippen LogP contribution in [0.4, 0.5) is 0 Å². The molecule has 0 fully saturated rings. The first-order valence-electron chi connectivity index (χ1n) is 5.66. The van der Waals surface area contributed by atoms with Crippen LogP contribution in [0.2, 0.25) is 0 Å². The van der Waals surface area contributed by atoms with E-state index in [1.165, 1.54) is 6.26 Å². The summed E-state index contributed by atoms with van der Waals surface area (Å²) >= 11 is 0. The maximum Gasteiger partial charge on any atom is 0.241 e. The lowest BCUT2D eigenvalue weighted by Gasteiger charge is -2.12. The second kappa shape index (κ2) is 6.51. The fourth-order valence-electron chi connectivity index (χ4n) is 1.47. The summed E-state index contributed by atoms with van der Waals surface area (Å²) < 4.78 is 21.8. The molecule has 0 saturated carbocycles. The Morgan fingerprint density at radius 3 is 2.50 bits per heavy atom. The molecule has 0 saturated heterocycles. The Morgan fingerprint density at radius 2 is 1.94 bits per heavy atom. The van der Waals surface area contributed by atoms with E-state index in [9.17, 15) is 13.2 Å². The molecule has 0 aliphatic rings. The Bertz CT molecular complexity index is 485. The average molecular weight is 270 g/mol. The van der Waals surface area contributed by atoms with Crippen molar-refractivity contribution in [1.29, 1.82) is 0 Å². The molecule has 0 aliphatic heterocycles. The number of amides is 1. The molecule has 1 rings (SSSR count). The average Bonchev–Trinajstić information content (AvgIpc) is 2.33. The van der Waals surface area contributed by atoms with Crippen molar-refractivity contribution in [3.05, 3.63) is 35.9 Å². The van der Waals surface area contributed by atoms with Crippen molar-refractivity contribution in [1.82, 2.24) is 5.32 Å². The Kier molecular flexibility index (Phi) is 5.30. The van der Waals surface area contributed by atoms with E-state index in [0.717, 1.165) is 5.56 Å². The first-order chi connectivity index (χ1) is 8.40. The summed E-state index contributed by atoms with van der Waals surface area (Å²) in [5.74, 6) is -0.233. The van der Waals surface area contributed by atoms with Gasteiger partial charge in [-0.25, -0.2) is 8.42 Å². The minimum Gasteiger partial charge on any atom is -0.354 e. The third kappa shape index (κ3) is 5.29. The molecule has 1 aromatic rings. The summed E-state index contributed by atoms with van der Waals surface area (Å²) in [6.07, 6.45) is 1.57. The van der Waals surface area contributed by atoms with Crippen LogP contribution in [0.25, 0.3) is 0 Å². The summed E-state index contributed by atoms with van der Waals surface area (Å²) in [5, 5.41) is 2.63. The summed E-state index contributed by atoms with van der Waals surface area (Å²) in [4.78, 5) is 11.7. The monoisotopic (exact) mass is 270 g/mol. The van der Waals surface area contributed by atoms with Gasteiger partial charge in [-0.2, -0.15) is 0 Å². The van der Waals surface area contributed by atoms with Crippen LogP contribution in [0.3, 0.4) is 0 Å². The van der Waals surface area contributed by atoms with Gasteiger partial charge < -0.3 is 11.1 Å². The lowest BCUT2D eigenvalue weighted by molar-refractivity contribution is -0.122. The maximum absolute atomic E-state index is 11.7. The standard InChI is InChI=1S/C12H18N2O3S/c1-18(16,17)9-5-8-14-12(15)11(13)10-6-3-2-4-7-10/h2-4,6-7,11H,5,8-9,13H2,1H3,(H,14,15)/t11-/m1/s1. The van der Waals surface area contributed by atoms with Crippen LogP contribution in [0, 0.1) is 0 Å². The lowest BCUT2D eigenvalue weighted by atomic mass is 10.1. The van der Waals surface area contributed by atoms with Crippen molar-refractivity contribution in [3.8, 4) is 0 Å². The molecule has 0 bridgehead atoms. The summed E-state index contributed by atoms with van der Waals surface area (Å²) in [7, 11) is -2.98. The predicted octanol–water partition coefficient (Wildman–Crippen LogP) is 0.237. The van der Waals surface area contributed by atoms with E-state index in [1.54, 1.807) is 12.1 Å². The van der Waals surface area contributed by atoms with Crippen molar-refractivity contribution in [2.75, 3.05) is 18.6 Å². The van der Waals surface area contributed by atoms with Crippen LogP contribution in [0.1, 0.15) is 18.0 Å². The van der Waals surface area contributed by atoms with Gasteiger partial charge >= 0.3 is 0 Å². The molecule has 5 nitrogen and oxygen atoms in total. The number of carbonyl (C=O) groups excluding carboxylic acids is 1. The molecule has 1 aromatic carbocycles. The van der Waals surface area contributed by atoms with Gasteiger partial charge in [-0.05, 0) is 12.0 Å². The second-order valence-corrected chi connectivity index (χ2v) is 6.42. The van der Waals surface area contributed by atoms with Crippen LogP contribution >= 0.6 is 0 Å². The van der Waals surface area contributed by atoms with E-state index >= 15 is 0 Å². The minimum absolute atomic E-state index is 0.0633. The molecular weight excluding hydrogens is 252 g/mol. The van der Waals surface area contributed by atoms with Gasteiger partial charge in [0.2, 0.25) is 5.91 Å². The molecule has 3 N–H and O–H groups in total. The molecule has 0 spiro atoms. The van der Waals surface area contributed by atoms with Crippen molar-refractivity contribution in [2.24, 2.45) is 5.73 Å². The summed E-state index contributed by atoms with van der Waals surface area (Å²) in [6.45, 7) is 0.312. The number of benzene rings is 1. The van der Waals surface area contributed by atoms with E-state index in [-0.39, 0.29) is 11.7 Å². The van der Waals surface area contributed by atoms with Crippen molar-refractivity contribution < 1.29 is 13.2 Å². The molecule has 1 amide bonds. The van der Waals surface area contributed by atoms with Gasteiger partial charge in [0.05, 0.1) is 5.75 Å². The van der Waals surface area contributed by atoms with E-state index < -0.39 is 15.9 Å². The highest BCUT2D eigenvalue weighted by Gasteiger charge is 2.14. The topological polar surface area (TPSA) is 89.3 Å². The predicted molar refractivity (Wildman–Crippen MR) is 70.7 cm³/mol. The van der Waals surface area contributed by atoms with Crippen LogP contribution in [0.5, 0.6) is 0 Å². The van der Waals surface area contributed by atoms with E-state index in [1.807, 2.05) is 18.2 Å². The maximum atomic E-state index is 11.7. The van der Waals surface area contributed by atoms with E-state index in [4.69, 9.17) is 5.73 Å². The van der Waals surface area contributed by atoms with Gasteiger partial charge in [-0.15, -0.1) is 0 Å². The quantitative estimate of drug-likeness (QED) is 0.725. The molecule has 0 radical (unpaired) electrons. The van der Waals surface area contributed by atoms with Gasteiger partial charge in [0, 0.05) is 12.8 Å². The molecule has 0 heterocycles. The first-order valence-corrected chi connectivity index (χ1v) is 7.72. The Balaban J connectivity index is 2.38. The van der Waals surface area contributed by atoms with Gasteiger partial charge in [0.15, 0.2) is 0 Å².